The molecule has 3 nitrogen and oxygen atoms in total. The van der Waals surface area contributed by atoms with Gasteiger partial charge in [0.15, 0.2) is 0 Å². The second-order valence-corrected chi connectivity index (χ2v) is 4.36. The molecule has 1 aromatic rings. The van der Waals surface area contributed by atoms with E-state index in [1.807, 2.05) is 0 Å². The SMILES string of the molecule is C=CCN(CC=C)C(=O)Nc1ccc(Cl)c(Cl)c1. The molecule has 5 heteroatoms. The lowest BCUT2D eigenvalue weighted by Gasteiger charge is -2.19. The van der Waals surface area contributed by atoms with E-state index in [9.17, 15) is 4.79 Å². The van der Waals surface area contributed by atoms with Crippen LogP contribution in [-0.4, -0.2) is 24.0 Å². The Morgan fingerprint density at radius 3 is 2.33 bits per heavy atom. The standard InChI is InChI=1S/C13H14Cl2N2O/c1-3-7-17(8-4-2)13(18)16-10-5-6-11(14)12(15)9-10/h3-6,9H,1-2,7-8H2,(H,16,18). The van der Waals surface area contributed by atoms with Gasteiger partial charge in [0.1, 0.15) is 0 Å². The highest BCUT2D eigenvalue weighted by molar-refractivity contribution is 6.42. The van der Waals surface area contributed by atoms with Gasteiger partial charge in [0.25, 0.3) is 0 Å². The number of hydrogen-bond donors (Lipinski definition) is 1. The fourth-order valence-electron chi connectivity index (χ4n) is 1.33. The zero-order valence-corrected chi connectivity index (χ0v) is 11.3. The predicted molar refractivity (Wildman–Crippen MR) is 77.4 cm³/mol. The average molecular weight is 285 g/mol. The van der Waals surface area contributed by atoms with Crippen LogP contribution in [0.1, 0.15) is 0 Å². The third-order valence-electron chi connectivity index (χ3n) is 2.16. The molecule has 0 aliphatic rings. The van der Waals surface area contributed by atoms with Crippen LogP contribution in [0.15, 0.2) is 43.5 Å². The molecule has 2 amide bonds. The maximum absolute atomic E-state index is 11.9. The van der Waals surface area contributed by atoms with Crippen molar-refractivity contribution in [2.75, 3.05) is 18.4 Å². The molecule has 0 aliphatic carbocycles. The van der Waals surface area contributed by atoms with Gasteiger partial charge >= 0.3 is 6.03 Å². The van der Waals surface area contributed by atoms with Crippen molar-refractivity contribution in [3.63, 3.8) is 0 Å². The van der Waals surface area contributed by atoms with Gasteiger partial charge in [-0.2, -0.15) is 0 Å². The molecule has 0 atom stereocenters. The Labute approximate surface area is 117 Å². The van der Waals surface area contributed by atoms with Crippen LogP contribution in [0.4, 0.5) is 10.5 Å². The summed E-state index contributed by atoms with van der Waals surface area (Å²) in [4.78, 5) is 13.5. The van der Waals surface area contributed by atoms with Crippen molar-refractivity contribution in [1.29, 1.82) is 0 Å². The zero-order chi connectivity index (χ0) is 13.5. The topological polar surface area (TPSA) is 32.3 Å². The van der Waals surface area contributed by atoms with Crippen LogP contribution in [0.25, 0.3) is 0 Å². The lowest BCUT2D eigenvalue weighted by Crippen LogP contribution is -2.35. The summed E-state index contributed by atoms with van der Waals surface area (Å²) < 4.78 is 0. The number of amides is 2. The minimum absolute atomic E-state index is 0.242. The Morgan fingerprint density at radius 1 is 1.22 bits per heavy atom. The van der Waals surface area contributed by atoms with Crippen molar-refractivity contribution in [3.05, 3.63) is 53.6 Å². The molecule has 0 spiro atoms. The molecule has 96 valence electrons. The van der Waals surface area contributed by atoms with Crippen molar-refractivity contribution in [3.8, 4) is 0 Å². The van der Waals surface area contributed by atoms with Crippen molar-refractivity contribution < 1.29 is 4.79 Å². The molecule has 1 rings (SSSR count). The largest absolute Gasteiger partial charge is 0.322 e. The first-order chi connectivity index (χ1) is 8.58. The summed E-state index contributed by atoms with van der Waals surface area (Å²) in [5.74, 6) is 0. The van der Waals surface area contributed by atoms with Crippen LogP contribution in [-0.2, 0) is 0 Å². The quantitative estimate of drug-likeness (QED) is 0.808. The van der Waals surface area contributed by atoms with E-state index in [0.29, 0.717) is 28.8 Å². The summed E-state index contributed by atoms with van der Waals surface area (Å²) in [7, 11) is 0. The molecule has 0 unspecified atom stereocenters. The monoisotopic (exact) mass is 284 g/mol. The van der Waals surface area contributed by atoms with Gasteiger partial charge in [0.05, 0.1) is 10.0 Å². The van der Waals surface area contributed by atoms with E-state index < -0.39 is 0 Å². The maximum atomic E-state index is 11.9. The Bertz CT molecular complexity index is 450. The molecule has 0 aliphatic heterocycles. The Kier molecular flexibility index (Phi) is 5.75. The van der Waals surface area contributed by atoms with Gasteiger partial charge in [-0.25, -0.2) is 4.79 Å². The number of anilines is 1. The first kappa shape index (κ1) is 14.6. The van der Waals surface area contributed by atoms with E-state index in [-0.39, 0.29) is 6.03 Å². The van der Waals surface area contributed by atoms with Gasteiger partial charge < -0.3 is 10.2 Å². The number of hydrogen-bond acceptors (Lipinski definition) is 1. The third-order valence-corrected chi connectivity index (χ3v) is 2.90. The number of carbonyl (C=O) groups excluding carboxylic acids is 1. The Hall–Kier alpha value is -1.45. The molecule has 1 aromatic carbocycles. The molecule has 18 heavy (non-hydrogen) atoms. The highest BCUT2D eigenvalue weighted by Gasteiger charge is 2.11. The van der Waals surface area contributed by atoms with Gasteiger partial charge in [0, 0.05) is 18.8 Å². The fraction of sp³-hybridized carbons (Fsp3) is 0.154. The van der Waals surface area contributed by atoms with E-state index >= 15 is 0 Å². The molecule has 0 saturated carbocycles. The molecular formula is C13H14Cl2N2O. The summed E-state index contributed by atoms with van der Waals surface area (Å²) in [6, 6.07) is 4.67. The Morgan fingerprint density at radius 2 is 1.83 bits per heavy atom. The van der Waals surface area contributed by atoms with Crippen LogP contribution in [0, 0.1) is 0 Å². The van der Waals surface area contributed by atoms with Crippen molar-refractivity contribution in [2.24, 2.45) is 0 Å². The lowest BCUT2D eigenvalue weighted by atomic mass is 10.3. The maximum Gasteiger partial charge on any atom is 0.322 e. The van der Waals surface area contributed by atoms with E-state index in [2.05, 4.69) is 18.5 Å². The Balaban J connectivity index is 2.75. The van der Waals surface area contributed by atoms with Gasteiger partial charge in [-0.3, -0.25) is 0 Å². The number of urea groups is 1. The highest BCUT2D eigenvalue weighted by Crippen LogP contribution is 2.25. The van der Waals surface area contributed by atoms with Crippen molar-refractivity contribution in [1.82, 2.24) is 4.90 Å². The lowest BCUT2D eigenvalue weighted by molar-refractivity contribution is 0.222. The summed E-state index contributed by atoms with van der Waals surface area (Å²) >= 11 is 11.7. The van der Waals surface area contributed by atoms with Gasteiger partial charge in [-0.05, 0) is 18.2 Å². The van der Waals surface area contributed by atoms with E-state index in [0.717, 1.165) is 0 Å². The number of rotatable bonds is 5. The minimum Gasteiger partial charge on any atom is -0.317 e. The first-order valence-electron chi connectivity index (χ1n) is 5.31. The zero-order valence-electron chi connectivity index (χ0n) is 9.83. The number of carbonyl (C=O) groups is 1. The van der Waals surface area contributed by atoms with Gasteiger partial charge in [0.2, 0.25) is 0 Å². The number of nitrogens with one attached hydrogen (secondary N) is 1. The van der Waals surface area contributed by atoms with Crippen molar-refractivity contribution >= 4 is 34.9 Å². The van der Waals surface area contributed by atoms with Gasteiger partial charge in [-0.15, -0.1) is 13.2 Å². The van der Waals surface area contributed by atoms with E-state index in [1.165, 1.54) is 0 Å². The van der Waals surface area contributed by atoms with E-state index in [4.69, 9.17) is 23.2 Å². The smallest absolute Gasteiger partial charge is 0.317 e. The van der Waals surface area contributed by atoms with Crippen LogP contribution >= 0.6 is 23.2 Å². The molecule has 0 fully saturated rings. The van der Waals surface area contributed by atoms with Gasteiger partial charge in [-0.1, -0.05) is 35.4 Å². The van der Waals surface area contributed by atoms with Crippen molar-refractivity contribution in [2.45, 2.75) is 0 Å². The second kappa shape index (κ2) is 7.09. The summed E-state index contributed by atoms with van der Waals surface area (Å²) in [5.41, 5.74) is 0.590. The number of nitrogens with zero attached hydrogens (tertiary/aromatic N) is 1. The molecule has 0 radical (unpaired) electrons. The molecular weight excluding hydrogens is 271 g/mol. The van der Waals surface area contributed by atoms with Crippen LogP contribution in [0.5, 0.6) is 0 Å². The van der Waals surface area contributed by atoms with E-state index in [1.54, 1.807) is 35.3 Å². The van der Waals surface area contributed by atoms with Crippen LogP contribution in [0.3, 0.4) is 0 Å². The summed E-state index contributed by atoms with van der Waals surface area (Å²) in [6.07, 6.45) is 3.30. The molecule has 0 bridgehead atoms. The minimum atomic E-state index is -0.242. The predicted octanol–water partition coefficient (Wildman–Crippen LogP) is 4.20. The number of benzene rings is 1. The molecule has 0 saturated heterocycles. The fourth-order valence-corrected chi connectivity index (χ4v) is 1.63. The third kappa shape index (κ3) is 4.09. The highest BCUT2D eigenvalue weighted by atomic mass is 35.5. The average Bonchev–Trinajstić information content (AvgIpc) is 2.33. The molecule has 1 N–H and O–H groups in total. The number of halogens is 2. The first-order valence-corrected chi connectivity index (χ1v) is 6.07. The summed E-state index contributed by atoms with van der Waals surface area (Å²) in [5, 5.41) is 3.57. The molecule has 0 aromatic heterocycles. The normalized spacial score (nSPS) is 9.67. The molecule has 0 heterocycles. The second-order valence-electron chi connectivity index (χ2n) is 3.54. The van der Waals surface area contributed by atoms with Crippen LogP contribution < -0.4 is 5.32 Å². The van der Waals surface area contributed by atoms with Crippen LogP contribution in [0.2, 0.25) is 10.0 Å². The summed E-state index contributed by atoms with van der Waals surface area (Å²) in [6.45, 7) is 8.09.